The number of ether oxygens (including phenoxy) is 2. The molecule has 3 heterocycles. The van der Waals surface area contributed by atoms with Crippen molar-refractivity contribution in [3.63, 3.8) is 0 Å². The van der Waals surface area contributed by atoms with Crippen LogP contribution in [0.3, 0.4) is 0 Å². The van der Waals surface area contributed by atoms with Crippen LogP contribution in [0.4, 0.5) is 0 Å². The molecule has 0 saturated carbocycles. The van der Waals surface area contributed by atoms with Gasteiger partial charge >= 0.3 is 0 Å². The first kappa shape index (κ1) is 18.4. The maximum atomic E-state index is 6.26. The van der Waals surface area contributed by atoms with Gasteiger partial charge in [0.2, 0.25) is 0 Å². The first-order valence-corrected chi connectivity index (χ1v) is 10.6. The molecule has 0 amide bonds. The van der Waals surface area contributed by atoms with E-state index in [1.54, 1.807) is 0 Å². The van der Waals surface area contributed by atoms with Gasteiger partial charge in [0.25, 0.3) is 0 Å². The Morgan fingerprint density at radius 1 is 0.962 bits per heavy atom. The van der Waals surface area contributed by atoms with Gasteiger partial charge in [-0.25, -0.2) is 0 Å². The van der Waals surface area contributed by atoms with Crippen LogP contribution in [-0.2, 0) is 15.9 Å². The van der Waals surface area contributed by atoms with Crippen LogP contribution in [0.2, 0.25) is 0 Å². The lowest BCUT2D eigenvalue weighted by molar-refractivity contribution is -0.0451. The van der Waals surface area contributed by atoms with Gasteiger partial charge < -0.3 is 19.3 Å². The average Bonchev–Trinajstić information content (AvgIpc) is 3.33. The summed E-state index contributed by atoms with van der Waals surface area (Å²) in [5, 5.41) is 0. The largest absolute Gasteiger partial charge is 0.374 e. The van der Waals surface area contributed by atoms with E-state index < -0.39 is 0 Å². The fourth-order valence-electron chi connectivity index (χ4n) is 4.73. The normalized spacial score (nSPS) is 26.7. The maximum Gasteiger partial charge on any atom is 0.0836 e. The molecule has 4 nitrogen and oxygen atoms in total. The highest BCUT2D eigenvalue weighted by molar-refractivity contribution is 5.14. The van der Waals surface area contributed by atoms with E-state index in [1.165, 1.54) is 31.5 Å². The van der Waals surface area contributed by atoms with Crippen molar-refractivity contribution in [2.45, 2.75) is 50.2 Å². The summed E-state index contributed by atoms with van der Waals surface area (Å²) in [4.78, 5) is 5.12. The van der Waals surface area contributed by atoms with Crippen molar-refractivity contribution in [3.05, 3.63) is 35.9 Å². The molecule has 0 N–H and O–H groups in total. The van der Waals surface area contributed by atoms with Crippen molar-refractivity contribution in [2.24, 2.45) is 0 Å². The van der Waals surface area contributed by atoms with Crippen molar-refractivity contribution in [1.29, 1.82) is 0 Å². The molecule has 3 saturated heterocycles. The quantitative estimate of drug-likeness (QED) is 0.748. The molecule has 1 spiro atoms. The third-order valence-corrected chi connectivity index (χ3v) is 6.46. The Morgan fingerprint density at radius 2 is 1.69 bits per heavy atom. The summed E-state index contributed by atoms with van der Waals surface area (Å²) < 4.78 is 12.4. The Morgan fingerprint density at radius 3 is 2.46 bits per heavy atom. The monoisotopic (exact) mass is 358 g/mol. The molecule has 0 unspecified atom stereocenters. The molecule has 0 radical (unpaired) electrons. The predicted octanol–water partition coefficient (Wildman–Crippen LogP) is 2.97. The number of likely N-dealkylation sites (tertiary alicyclic amines) is 2. The number of benzene rings is 1. The Balaban J connectivity index is 1.14. The van der Waals surface area contributed by atoms with E-state index in [4.69, 9.17) is 9.47 Å². The second-order valence-electron chi connectivity index (χ2n) is 8.32. The molecule has 4 rings (SSSR count). The number of hydrogen-bond acceptors (Lipinski definition) is 4. The van der Waals surface area contributed by atoms with Crippen molar-refractivity contribution in [3.8, 4) is 0 Å². The highest BCUT2D eigenvalue weighted by Crippen LogP contribution is 2.37. The van der Waals surface area contributed by atoms with Gasteiger partial charge in [-0.1, -0.05) is 30.3 Å². The summed E-state index contributed by atoms with van der Waals surface area (Å²) in [7, 11) is 0. The van der Waals surface area contributed by atoms with E-state index in [9.17, 15) is 0 Å². The lowest BCUT2D eigenvalue weighted by Crippen LogP contribution is -2.44. The first-order chi connectivity index (χ1) is 12.8. The van der Waals surface area contributed by atoms with Crippen molar-refractivity contribution in [1.82, 2.24) is 9.80 Å². The molecule has 26 heavy (non-hydrogen) atoms. The van der Waals surface area contributed by atoms with E-state index in [0.717, 1.165) is 65.1 Å². The molecule has 3 aliphatic heterocycles. The molecule has 1 atom stereocenters. The standard InChI is InChI=1S/C22H34N2O2/c1-2-6-20(7-3-1)8-13-24-14-9-22(10-15-24)18-21(19-26-22)25-17-16-23-11-4-5-12-23/h1-3,6-7,21H,4-5,8-19H2/t21-/m1/s1. The van der Waals surface area contributed by atoms with E-state index in [-0.39, 0.29) is 5.60 Å². The van der Waals surface area contributed by atoms with Gasteiger partial charge in [0.1, 0.15) is 0 Å². The molecule has 0 bridgehead atoms. The fraction of sp³-hybridized carbons (Fsp3) is 0.727. The zero-order chi connectivity index (χ0) is 17.7. The van der Waals surface area contributed by atoms with Crippen molar-refractivity contribution >= 4 is 0 Å². The minimum absolute atomic E-state index is 0.0988. The number of piperidine rings is 1. The van der Waals surface area contributed by atoms with Gasteiger partial charge in [-0.2, -0.15) is 0 Å². The highest BCUT2D eigenvalue weighted by atomic mass is 16.6. The predicted molar refractivity (Wildman–Crippen MR) is 105 cm³/mol. The first-order valence-electron chi connectivity index (χ1n) is 10.6. The van der Waals surface area contributed by atoms with E-state index in [0.29, 0.717) is 6.10 Å². The van der Waals surface area contributed by atoms with Crippen LogP contribution in [0.15, 0.2) is 30.3 Å². The highest BCUT2D eigenvalue weighted by Gasteiger charge is 2.43. The van der Waals surface area contributed by atoms with Crippen LogP contribution in [-0.4, -0.2) is 74.0 Å². The molecule has 4 heteroatoms. The second-order valence-corrected chi connectivity index (χ2v) is 8.32. The summed E-state index contributed by atoms with van der Waals surface area (Å²) in [5.41, 5.74) is 1.54. The topological polar surface area (TPSA) is 24.9 Å². The second kappa shape index (κ2) is 8.83. The van der Waals surface area contributed by atoms with Crippen LogP contribution < -0.4 is 0 Å². The third-order valence-electron chi connectivity index (χ3n) is 6.46. The fourth-order valence-corrected chi connectivity index (χ4v) is 4.73. The van der Waals surface area contributed by atoms with Gasteiger partial charge in [-0.3, -0.25) is 0 Å². The van der Waals surface area contributed by atoms with Gasteiger partial charge in [0, 0.05) is 32.6 Å². The van der Waals surface area contributed by atoms with Crippen molar-refractivity contribution in [2.75, 3.05) is 52.5 Å². The van der Waals surface area contributed by atoms with Gasteiger partial charge in [0.15, 0.2) is 0 Å². The van der Waals surface area contributed by atoms with Gasteiger partial charge in [-0.15, -0.1) is 0 Å². The summed E-state index contributed by atoms with van der Waals surface area (Å²) in [6.07, 6.45) is 7.60. The van der Waals surface area contributed by atoms with Crippen LogP contribution >= 0.6 is 0 Å². The minimum atomic E-state index is 0.0988. The van der Waals surface area contributed by atoms with Gasteiger partial charge in [-0.05, 0) is 50.8 Å². The smallest absolute Gasteiger partial charge is 0.0836 e. The maximum absolute atomic E-state index is 6.26. The number of rotatable bonds is 7. The lowest BCUT2D eigenvalue weighted by Gasteiger charge is -2.38. The van der Waals surface area contributed by atoms with E-state index in [1.807, 2.05) is 0 Å². The summed E-state index contributed by atoms with van der Waals surface area (Å²) in [6.45, 7) is 8.76. The van der Waals surface area contributed by atoms with E-state index >= 15 is 0 Å². The van der Waals surface area contributed by atoms with Gasteiger partial charge in [0.05, 0.1) is 24.9 Å². The van der Waals surface area contributed by atoms with Crippen LogP contribution in [0.5, 0.6) is 0 Å². The Labute approximate surface area is 158 Å². The molecular formula is C22H34N2O2. The summed E-state index contributed by atoms with van der Waals surface area (Å²) in [5.74, 6) is 0. The SMILES string of the molecule is c1ccc(CCN2CCC3(CC2)C[C@@H](OCCN2CCCC2)CO3)cc1. The Hall–Kier alpha value is -0.940. The number of nitrogens with zero attached hydrogens (tertiary/aromatic N) is 2. The van der Waals surface area contributed by atoms with E-state index in [2.05, 4.69) is 40.1 Å². The lowest BCUT2D eigenvalue weighted by atomic mass is 9.88. The molecule has 0 aliphatic carbocycles. The zero-order valence-electron chi connectivity index (χ0n) is 16.1. The molecule has 0 aromatic heterocycles. The summed E-state index contributed by atoms with van der Waals surface area (Å²) >= 11 is 0. The molecule has 144 valence electrons. The Bertz CT molecular complexity index is 536. The third kappa shape index (κ3) is 4.86. The number of hydrogen-bond donors (Lipinski definition) is 0. The Kier molecular flexibility index (Phi) is 6.26. The molecular weight excluding hydrogens is 324 g/mol. The molecule has 1 aromatic carbocycles. The average molecular weight is 359 g/mol. The summed E-state index contributed by atoms with van der Waals surface area (Å²) in [6, 6.07) is 10.8. The van der Waals surface area contributed by atoms with Crippen molar-refractivity contribution < 1.29 is 9.47 Å². The minimum Gasteiger partial charge on any atom is -0.374 e. The molecule has 3 aliphatic rings. The van der Waals surface area contributed by atoms with Crippen LogP contribution in [0.1, 0.15) is 37.7 Å². The molecule has 3 fully saturated rings. The molecule has 1 aromatic rings. The van der Waals surface area contributed by atoms with Crippen LogP contribution in [0.25, 0.3) is 0 Å². The zero-order valence-corrected chi connectivity index (χ0v) is 16.1. The van der Waals surface area contributed by atoms with Crippen LogP contribution in [0, 0.1) is 0 Å².